The van der Waals surface area contributed by atoms with Gasteiger partial charge in [-0.3, -0.25) is 0 Å². The minimum absolute atomic E-state index is 0.464. The van der Waals surface area contributed by atoms with Crippen LogP contribution < -0.4 is 5.32 Å². The third-order valence-corrected chi connectivity index (χ3v) is 3.11. The second kappa shape index (κ2) is 4.13. The second-order valence-corrected chi connectivity index (χ2v) is 4.21. The zero-order chi connectivity index (χ0) is 9.97. The van der Waals surface area contributed by atoms with Crippen molar-refractivity contribution in [3.63, 3.8) is 0 Å². The topological polar surface area (TPSA) is 37.8 Å². The fraction of sp³-hybridized carbons (Fsp3) is 0.600. The molecule has 14 heavy (non-hydrogen) atoms. The van der Waals surface area contributed by atoms with Crippen LogP contribution in [0.25, 0.3) is 0 Å². The summed E-state index contributed by atoms with van der Waals surface area (Å²) in [5.74, 6) is 1.42. The van der Waals surface area contributed by atoms with Crippen molar-refractivity contribution in [2.45, 2.75) is 32.2 Å². The zero-order valence-electron chi connectivity index (χ0n) is 8.20. The van der Waals surface area contributed by atoms with Crippen LogP contribution in [0.2, 0.25) is 5.15 Å². The summed E-state index contributed by atoms with van der Waals surface area (Å²) in [6, 6.07) is 0.504. The van der Waals surface area contributed by atoms with Crippen LogP contribution in [0.3, 0.4) is 0 Å². The molecule has 0 spiro atoms. The van der Waals surface area contributed by atoms with Gasteiger partial charge >= 0.3 is 0 Å². The molecule has 76 valence electrons. The summed E-state index contributed by atoms with van der Waals surface area (Å²) in [6.07, 6.45) is 7.04. The van der Waals surface area contributed by atoms with Gasteiger partial charge in [-0.25, -0.2) is 9.97 Å². The summed E-state index contributed by atoms with van der Waals surface area (Å²) >= 11 is 5.91. The minimum Gasteiger partial charge on any atom is -0.365 e. The van der Waals surface area contributed by atoms with Crippen LogP contribution in [0.5, 0.6) is 0 Å². The van der Waals surface area contributed by atoms with Crippen LogP contribution in [-0.2, 0) is 0 Å². The lowest BCUT2D eigenvalue weighted by atomic mass is 10.1. The Morgan fingerprint density at radius 2 is 2.14 bits per heavy atom. The third kappa shape index (κ3) is 1.98. The molecular formula is C10H14ClN3. The molecule has 0 radical (unpaired) electrons. The van der Waals surface area contributed by atoms with E-state index in [4.69, 9.17) is 11.6 Å². The van der Waals surface area contributed by atoms with Crippen molar-refractivity contribution in [2.24, 2.45) is 5.92 Å². The molecule has 1 saturated carbocycles. The van der Waals surface area contributed by atoms with Gasteiger partial charge in [0.25, 0.3) is 0 Å². The van der Waals surface area contributed by atoms with E-state index in [2.05, 4.69) is 22.2 Å². The average molecular weight is 212 g/mol. The van der Waals surface area contributed by atoms with Gasteiger partial charge in [-0.15, -0.1) is 0 Å². The lowest BCUT2D eigenvalue weighted by Gasteiger charge is -2.17. The van der Waals surface area contributed by atoms with Crippen LogP contribution in [0, 0.1) is 5.92 Å². The Labute approximate surface area is 88.9 Å². The molecule has 4 heteroatoms. The van der Waals surface area contributed by atoms with Crippen molar-refractivity contribution < 1.29 is 0 Å². The normalized spacial score (nSPS) is 26.4. The first kappa shape index (κ1) is 9.71. The van der Waals surface area contributed by atoms with Gasteiger partial charge in [0.1, 0.15) is 0 Å². The van der Waals surface area contributed by atoms with Crippen LogP contribution in [0.1, 0.15) is 26.2 Å². The molecule has 1 heterocycles. The molecule has 2 unspecified atom stereocenters. The van der Waals surface area contributed by atoms with Crippen LogP contribution in [-0.4, -0.2) is 16.0 Å². The fourth-order valence-electron chi connectivity index (χ4n) is 1.95. The minimum atomic E-state index is 0.464. The molecule has 1 fully saturated rings. The van der Waals surface area contributed by atoms with E-state index in [1.165, 1.54) is 19.3 Å². The first-order valence-electron chi connectivity index (χ1n) is 5.00. The lowest BCUT2D eigenvalue weighted by molar-refractivity contribution is 0.554. The highest BCUT2D eigenvalue weighted by molar-refractivity contribution is 6.31. The number of anilines is 1. The molecule has 1 aromatic heterocycles. The standard InChI is InChI=1S/C10H14ClN3/c1-7-3-2-4-8(7)14-10-9(11)12-5-6-13-10/h5-8H,2-4H2,1H3,(H,13,14). The van der Waals surface area contributed by atoms with Crippen LogP contribution in [0.15, 0.2) is 12.4 Å². The smallest absolute Gasteiger partial charge is 0.171 e. The van der Waals surface area contributed by atoms with Gasteiger partial charge in [0.05, 0.1) is 0 Å². The summed E-state index contributed by atoms with van der Waals surface area (Å²) in [7, 11) is 0. The number of hydrogen-bond acceptors (Lipinski definition) is 3. The molecule has 0 aromatic carbocycles. The van der Waals surface area contributed by atoms with Gasteiger partial charge in [-0.1, -0.05) is 24.9 Å². The van der Waals surface area contributed by atoms with Crippen molar-refractivity contribution in [1.82, 2.24) is 9.97 Å². The van der Waals surface area contributed by atoms with E-state index in [9.17, 15) is 0 Å². The molecule has 3 nitrogen and oxygen atoms in total. The number of nitrogens with zero attached hydrogens (tertiary/aromatic N) is 2. The SMILES string of the molecule is CC1CCCC1Nc1nccnc1Cl. The summed E-state index contributed by atoms with van der Waals surface area (Å²) < 4.78 is 0. The van der Waals surface area contributed by atoms with Crippen LogP contribution >= 0.6 is 11.6 Å². The number of rotatable bonds is 2. The number of halogens is 1. The Kier molecular flexibility index (Phi) is 2.87. The molecule has 0 amide bonds. The van der Waals surface area contributed by atoms with Gasteiger partial charge in [0.2, 0.25) is 0 Å². The third-order valence-electron chi connectivity index (χ3n) is 2.84. The van der Waals surface area contributed by atoms with Gasteiger partial charge in [0, 0.05) is 18.4 Å². The maximum atomic E-state index is 5.91. The summed E-state index contributed by atoms with van der Waals surface area (Å²) in [5, 5.41) is 3.82. The number of aromatic nitrogens is 2. The molecule has 1 aliphatic rings. The highest BCUT2D eigenvalue weighted by Crippen LogP contribution is 2.28. The van der Waals surface area contributed by atoms with Gasteiger partial charge < -0.3 is 5.32 Å². The predicted octanol–water partition coefficient (Wildman–Crippen LogP) is 2.73. The van der Waals surface area contributed by atoms with E-state index in [1.807, 2.05) is 0 Å². The highest BCUT2D eigenvalue weighted by Gasteiger charge is 2.23. The molecule has 1 N–H and O–H groups in total. The summed E-state index contributed by atoms with van der Waals surface area (Å²) in [5.41, 5.74) is 0. The lowest BCUT2D eigenvalue weighted by Crippen LogP contribution is -2.22. The largest absolute Gasteiger partial charge is 0.365 e. The van der Waals surface area contributed by atoms with Crippen molar-refractivity contribution in [3.05, 3.63) is 17.5 Å². The Balaban J connectivity index is 2.07. The van der Waals surface area contributed by atoms with Gasteiger partial charge in [0.15, 0.2) is 11.0 Å². The Bertz CT molecular complexity index is 316. The van der Waals surface area contributed by atoms with Gasteiger partial charge in [-0.05, 0) is 18.8 Å². The quantitative estimate of drug-likeness (QED) is 0.818. The maximum absolute atomic E-state index is 5.91. The molecule has 1 aliphatic carbocycles. The van der Waals surface area contributed by atoms with E-state index in [-0.39, 0.29) is 0 Å². The van der Waals surface area contributed by atoms with E-state index in [1.54, 1.807) is 12.4 Å². The summed E-state index contributed by atoms with van der Waals surface area (Å²) in [4.78, 5) is 8.16. The second-order valence-electron chi connectivity index (χ2n) is 3.85. The molecule has 0 saturated heterocycles. The molecule has 1 aromatic rings. The maximum Gasteiger partial charge on any atom is 0.171 e. The Morgan fingerprint density at radius 3 is 2.79 bits per heavy atom. The van der Waals surface area contributed by atoms with Crippen molar-refractivity contribution in [3.8, 4) is 0 Å². The summed E-state index contributed by atoms with van der Waals surface area (Å²) in [6.45, 7) is 2.26. The Morgan fingerprint density at radius 1 is 1.36 bits per heavy atom. The monoisotopic (exact) mass is 211 g/mol. The van der Waals surface area contributed by atoms with E-state index < -0.39 is 0 Å². The van der Waals surface area contributed by atoms with Gasteiger partial charge in [-0.2, -0.15) is 0 Å². The predicted molar refractivity (Wildman–Crippen MR) is 57.5 cm³/mol. The number of nitrogens with one attached hydrogen (secondary N) is 1. The molecule has 0 bridgehead atoms. The Hall–Kier alpha value is -0.830. The average Bonchev–Trinajstić information content (AvgIpc) is 2.56. The first-order chi connectivity index (χ1) is 6.77. The highest BCUT2D eigenvalue weighted by atomic mass is 35.5. The number of hydrogen-bond donors (Lipinski definition) is 1. The van der Waals surface area contributed by atoms with Crippen molar-refractivity contribution in [1.29, 1.82) is 0 Å². The van der Waals surface area contributed by atoms with Crippen molar-refractivity contribution in [2.75, 3.05) is 5.32 Å². The molecule has 2 atom stereocenters. The van der Waals surface area contributed by atoms with E-state index in [0.29, 0.717) is 22.9 Å². The van der Waals surface area contributed by atoms with E-state index >= 15 is 0 Å². The first-order valence-corrected chi connectivity index (χ1v) is 5.38. The van der Waals surface area contributed by atoms with E-state index in [0.717, 1.165) is 0 Å². The van der Waals surface area contributed by atoms with Crippen LogP contribution in [0.4, 0.5) is 5.82 Å². The molecule has 0 aliphatic heterocycles. The molecule has 2 rings (SSSR count). The van der Waals surface area contributed by atoms with Crippen molar-refractivity contribution >= 4 is 17.4 Å². The fourth-order valence-corrected chi connectivity index (χ4v) is 2.11. The zero-order valence-corrected chi connectivity index (χ0v) is 8.96. The molecular weight excluding hydrogens is 198 g/mol.